The van der Waals surface area contributed by atoms with Gasteiger partial charge in [0, 0.05) is 6.61 Å². The van der Waals surface area contributed by atoms with Crippen LogP contribution in [0.2, 0.25) is 0 Å². The Kier molecular flexibility index (Phi) is 42.9. The summed E-state index contributed by atoms with van der Waals surface area (Å²) >= 11 is 0. The lowest BCUT2D eigenvalue weighted by Gasteiger charge is -2.22. The predicted octanol–water partition coefficient (Wildman–Crippen LogP) is 13.5. The van der Waals surface area contributed by atoms with Crippen molar-refractivity contribution in [2.45, 2.75) is 252 Å². The first-order chi connectivity index (χ1) is 26.5. The minimum atomic E-state index is -0.358. The van der Waals surface area contributed by atoms with Crippen molar-refractivity contribution < 1.29 is 24.5 Å². The molecule has 0 spiro atoms. The maximum Gasteiger partial charge on any atom is 0.308 e. The number of unbranched alkanes of at least 4 members (excludes halogenated alkanes) is 23. The maximum absolute atomic E-state index is 13.0. The summed E-state index contributed by atoms with van der Waals surface area (Å²) in [6, 6.07) is 0. The van der Waals surface area contributed by atoms with Gasteiger partial charge in [0.05, 0.1) is 25.0 Å². The molecular formula is C48H98NO5+. The molecule has 3 atom stereocenters. The predicted molar refractivity (Wildman–Crippen MR) is 234 cm³/mol. The van der Waals surface area contributed by atoms with Crippen molar-refractivity contribution in [1.82, 2.24) is 4.90 Å². The highest BCUT2D eigenvalue weighted by atomic mass is 16.6. The molecule has 6 heteroatoms. The van der Waals surface area contributed by atoms with E-state index in [2.05, 4.69) is 32.6 Å². The number of carbonyl (C=O) groups is 1. The number of nitrogens with zero attached hydrogens (tertiary/aromatic N) is 1. The van der Waals surface area contributed by atoms with E-state index in [-0.39, 0.29) is 24.8 Å². The lowest BCUT2D eigenvalue weighted by Crippen LogP contribution is -2.27. The Morgan fingerprint density at radius 2 is 0.852 bits per heavy atom. The lowest BCUT2D eigenvalue weighted by atomic mass is 9.93. The van der Waals surface area contributed by atoms with Crippen molar-refractivity contribution in [2.24, 2.45) is 11.8 Å². The zero-order valence-electron chi connectivity index (χ0n) is 37.1. The number of hydrogen-bond donors (Lipinski definition) is 1. The van der Waals surface area contributed by atoms with Crippen LogP contribution in [0, 0.1) is 11.8 Å². The number of aliphatic hydroxyl groups excluding tert-OH is 1. The van der Waals surface area contributed by atoms with Gasteiger partial charge in [-0.05, 0) is 83.8 Å². The van der Waals surface area contributed by atoms with E-state index in [9.17, 15) is 9.90 Å². The second-order valence-electron chi connectivity index (χ2n) is 16.8. The van der Waals surface area contributed by atoms with Crippen LogP contribution in [0.1, 0.15) is 246 Å². The molecule has 3 unspecified atom stereocenters. The molecule has 0 aromatic rings. The van der Waals surface area contributed by atoms with E-state index in [1.807, 2.05) is 0 Å². The Morgan fingerprint density at radius 1 is 0.481 bits per heavy atom. The smallest absolute Gasteiger partial charge is 0.308 e. The molecule has 0 bridgehead atoms. The summed E-state index contributed by atoms with van der Waals surface area (Å²) in [5.74, 6) is 0.555. The maximum atomic E-state index is 13.0. The standard InChI is InChI=1S/C48H97NO5/c1-5-9-13-17-19-27-37-45(35-25-15-11-7-3)47(51)53-43-33-23-21-29-39-49(41-31-32-42-50)40-30-22-24-34-44-54-48(52)46(36-26-16-12-8-4)38-28-20-18-14-10-6-2/h45-47,50-51H,5-44H2,1-4H3/p+1. The molecule has 0 fully saturated rings. The Morgan fingerprint density at radius 3 is 1.33 bits per heavy atom. The summed E-state index contributed by atoms with van der Waals surface area (Å²) in [5.41, 5.74) is 0. The molecule has 0 aliphatic heterocycles. The van der Waals surface area contributed by atoms with Gasteiger partial charge < -0.3 is 24.6 Å². The first kappa shape index (κ1) is 53.3. The Bertz CT molecular complexity index is 736. The quantitative estimate of drug-likeness (QED) is 0.0289. The van der Waals surface area contributed by atoms with Crippen LogP contribution in [-0.2, 0) is 14.3 Å². The topological polar surface area (TPSA) is 81.9 Å². The van der Waals surface area contributed by atoms with Gasteiger partial charge in [0.1, 0.15) is 0 Å². The van der Waals surface area contributed by atoms with Crippen LogP contribution in [0.15, 0.2) is 0 Å². The van der Waals surface area contributed by atoms with E-state index in [1.54, 1.807) is 0 Å². The summed E-state index contributed by atoms with van der Waals surface area (Å²) in [5, 5.41) is 18.1. The molecule has 0 aromatic heterocycles. The van der Waals surface area contributed by atoms with Crippen LogP contribution in [0.3, 0.4) is 0 Å². The summed E-state index contributed by atoms with van der Waals surface area (Å²) in [4.78, 5) is 15.6. The molecule has 0 saturated carbocycles. The van der Waals surface area contributed by atoms with Crippen molar-refractivity contribution in [3.8, 4) is 0 Å². The molecule has 0 aliphatic carbocycles. The third-order valence-corrected chi connectivity index (χ3v) is 11.6. The van der Waals surface area contributed by atoms with Gasteiger partial charge in [-0.2, -0.15) is 0 Å². The zero-order chi connectivity index (χ0) is 39.6. The fourth-order valence-electron chi connectivity index (χ4n) is 7.84. The van der Waals surface area contributed by atoms with E-state index < -0.39 is 0 Å². The Balaban J connectivity index is 4.35. The van der Waals surface area contributed by atoms with Crippen LogP contribution in [0.5, 0.6) is 0 Å². The van der Waals surface area contributed by atoms with Gasteiger partial charge in [-0.15, -0.1) is 0 Å². The number of aliphatic hydroxyl groups is 1. The number of ether oxygens (including phenoxy) is 2. The molecule has 0 saturated heterocycles. The largest absolute Gasteiger partial charge is 0.465 e. The molecule has 324 valence electrons. The van der Waals surface area contributed by atoms with Gasteiger partial charge in [-0.1, -0.05) is 182 Å². The molecule has 0 radical (unpaired) electrons. The number of esters is 1. The van der Waals surface area contributed by atoms with Gasteiger partial charge in [0.15, 0.2) is 0 Å². The van der Waals surface area contributed by atoms with Gasteiger partial charge in [0.25, 0.3) is 6.29 Å². The van der Waals surface area contributed by atoms with Gasteiger partial charge in [0.2, 0.25) is 0 Å². The normalized spacial score (nSPS) is 13.5. The van der Waals surface area contributed by atoms with E-state index in [0.717, 1.165) is 96.9 Å². The average molecular weight is 769 g/mol. The molecule has 0 aromatic carbocycles. The van der Waals surface area contributed by atoms with E-state index in [1.165, 1.54) is 148 Å². The molecule has 54 heavy (non-hydrogen) atoms. The molecule has 0 amide bonds. The minimum Gasteiger partial charge on any atom is -0.465 e. The molecule has 0 heterocycles. The third kappa shape index (κ3) is 35.7. The van der Waals surface area contributed by atoms with Crippen LogP contribution in [0.25, 0.3) is 0 Å². The highest BCUT2D eigenvalue weighted by Gasteiger charge is 2.23. The fraction of sp³-hybridized carbons (Fsp3) is 0.979. The summed E-state index contributed by atoms with van der Waals surface area (Å²) in [6.45, 7) is 13.9. The SMILES string of the molecule is CCCCCCCCC(CCCCCC)C(=O)OCCCCCCN(CCCCO)CCCCCCOC([OH2+])C(CCCCCC)CCCCCCCC. The van der Waals surface area contributed by atoms with Crippen LogP contribution in [0.4, 0.5) is 0 Å². The molecule has 0 aliphatic rings. The molecule has 6 nitrogen and oxygen atoms in total. The van der Waals surface area contributed by atoms with Crippen molar-refractivity contribution >= 4 is 5.97 Å². The van der Waals surface area contributed by atoms with Crippen molar-refractivity contribution in [2.75, 3.05) is 39.5 Å². The second-order valence-corrected chi connectivity index (χ2v) is 16.8. The Labute approximate surface area is 338 Å². The van der Waals surface area contributed by atoms with Crippen LogP contribution < -0.4 is 0 Å². The van der Waals surface area contributed by atoms with Gasteiger partial charge in [-0.25, -0.2) is 0 Å². The van der Waals surface area contributed by atoms with Crippen LogP contribution in [-0.4, -0.2) is 66.8 Å². The number of hydrogen-bond acceptors (Lipinski definition) is 5. The third-order valence-electron chi connectivity index (χ3n) is 11.6. The monoisotopic (exact) mass is 769 g/mol. The van der Waals surface area contributed by atoms with Crippen molar-refractivity contribution in [3.05, 3.63) is 0 Å². The van der Waals surface area contributed by atoms with E-state index in [0.29, 0.717) is 12.5 Å². The second kappa shape index (κ2) is 43.4. The lowest BCUT2D eigenvalue weighted by molar-refractivity contribution is -0.149. The minimum absolute atomic E-state index is 0.0617. The van der Waals surface area contributed by atoms with Crippen LogP contribution >= 0.6 is 0 Å². The summed E-state index contributed by atoms with van der Waals surface area (Å²) in [7, 11) is 0. The van der Waals surface area contributed by atoms with Crippen molar-refractivity contribution in [1.29, 1.82) is 0 Å². The molecule has 0 rings (SSSR count). The van der Waals surface area contributed by atoms with Crippen molar-refractivity contribution in [3.63, 3.8) is 0 Å². The molecule has 3 N–H and O–H groups in total. The number of rotatable bonds is 45. The first-order valence-corrected chi connectivity index (χ1v) is 24.4. The Hall–Kier alpha value is -0.690. The van der Waals surface area contributed by atoms with Gasteiger partial charge >= 0.3 is 5.97 Å². The highest BCUT2D eigenvalue weighted by Crippen LogP contribution is 2.24. The molecular weight excluding hydrogens is 671 g/mol. The summed E-state index contributed by atoms with van der Waals surface area (Å²) < 4.78 is 12.0. The van der Waals surface area contributed by atoms with E-state index >= 15 is 0 Å². The summed E-state index contributed by atoms with van der Waals surface area (Å²) in [6.07, 6.45) is 40.5. The van der Waals surface area contributed by atoms with Gasteiger partial charge in [-0.3, -0.25) is 4.79 Å². The fourth-order valence-corrected chi connectivity index (χ4v) is 7.84. The first-order valence-electron chi connectivity index (χ1n) is 24.4. The zero-order valence-corrected chi connectivity index (χ0v) is 37.1. The number of carbonyl (C=O) groups excluding carboxylic acids is 1. The van der Waals surface area contributed by atoms with E-state index in [4.69, 9.17) is 14.6 Å². The average Bonchev–Trinajstić information content (AvgIpc) is 3.17. The highest BCUT2D eigenvalue weighted by molar-refractivity contribution is 5.72.